The Morgan fingerprint density at radius 2 is 2.28 bits per heavy atom. The van der Waals surface area contributed by atoms with Crippen molar-refractivity contribution in [2.45, 2.75) is 32.7 Å². The van der Waals surface area contributed by atoms with E-state index in [9.17, 15) is 0 Å². The van der Waals surface area contributed by atoms with E-state index in [2.05, 4.69) is 42.6 Å². The van der Waals surface area contributed by atoms with Crippen molar-refractivity contribution in [2.24, 2.45) is 7.05 Å². The molecule has 0 aliphatic rings. The van der Waals surface area contributed by atoms with Gasteiger partial charge in [-0.2, -0.15) is 5.10 Å². The number of aryl methyl sites for hydroxylation is 2. The van der Waals surface area contributed by atoms with Gasteiger partial charge in [-0.3, -0.25) is 4.68 Å². The second-order valence-electron chi connectivity index (χ2n) is 4.61. The Bertz CT molecular complexity index is 487. The van der Waals surface area contributed by atoms with Crippen LogP contribution in [0.15, 0.2) is 24.5 Å². The molecular formula is C14H21N3S. The molecule has 98 valence electrons. The molecule has 1 unspecified atom stereocenters. The molecule has 2 heterocycles. The Hall–Kier alpha value is -1.13. The van der Waals surface area contributed by atoms with Gasteiger partial charge in [0.15, 0.2) is 0 Å². The summed E-state index contributed by atoms with van der Waals surface area (Å²) < 4.78 is 1.85. The molecule has 0 bridgehead atoms. The molecule has 0 aliphatic carbocycles. The standard InChI is InChI=1S/C14H21N3S/c1-4-13-5-6-14(18-13)11(2)15-8-7-12-9-16-17(3)10-12/h5-6,9-11,15H,4,7-8H2,1-3H3. The zero-order valence-corrected chi connectivity index (χ0v) is 12.1. The van der Waals surface area contributed by atoms with Crippen molar-refractivity contribution in [1.29, 1.82) is 0 Å². The van der Waals surface area contributed by atoms with Crippen LogP contribution >= 0.6 is 11.3 Å². The number of hydrogen-bond acceptors (Lipinski definition) is 3. The number of nitrogens with one attached hydrogen (secondary N) is 1. The summed E-state index contributed by atoms with van der Waals surface area (Å²) in [6.07, 6.45) is 6.18. The fourth-order valence-electron chi connectivity index (χ4n) is 1.95. The third-order valence-electron chi connectivity index (χ3n) is 3.08. The molecule has 0 spiro atoms. The van der Waals surface area contributed by atoms with E-state index in [0.29, 0.717) is 6.04 Å². The van der Waals surface area contributed by atoms with Crippen LogP contribution < -0.4 is 5.32 Å². The monoisotopic (exact) mass is 263 g/mol. The van der Waals surface area contributed by atoms with Crippen LogP contribution in [0.3, 0.4) is 0 Å². The van der Waals surface area contributed by atoms with Crippen molar-refractivity contribution in [3.63, 3.8) is 0 Å². The minimum Gasteiger partial charge on any atom is -0.309 e. The van der Waals surface area contributed by atoms with Crippen molar-refractivity contribution >= 4 is 11.3 Å². The van der Waals surface area contributed by atoms with Crippen LogP contribution in [-0.4, -0.2) is 16.3 Å². The van der Waals surface area contributed by atoms with Gasteiger partial charge in [0.05, 0.1) is 6.20 Å². The lowest BCUT2D eigenvalue weighted by atomic mass is 10.2. The molecule has 1 N–H and O–H groups in total. The quantitative estimate of drug-likeness (QED) is 0.868. The molecule has 1 atom stereocenters. The molecule has 0 aliphatic heterocycles. The summed E-state index contributed by atoms with van der Waals surface area (Å²) >= 11 is 1.91. The summed E-state index contributed by atoms with van der Waals surface area (Å²) in [5.41, 5.74) is 1.29. The Labute approximate surface area is 113 Å². The lowest BCUT2D eigenvalue weighted by molar-refractivity contribution is 0.584. The molecular weight excluding hydrogens is 242 g/mol. The molecule has 2 rings (SSSR count). The van der Waals surface area contributed by atoms with Gasteiger partial charge in [-0.05, 0) is 44.0 Å². The maximum absolute atomic E-state index is 4.18. The summed E-state index contributed by atoms with van der Waals surface area (Å²) in [7, 11) is 1.96. The molecule has 0 saturated carbocycles. The van der Waals surface area contributed by atoms with Gasteiger partial charge in [0.25, 0.3) is 0 Å². The predicted octanol–water partition coefficient (Wildman–Crippen LogP) is 2.94. The highest BCUT2D eigenvalue weighted by Gasteiger charge is 2.07. The second-order valence-corrected chi connectivity index (χ2v) is 5.81. The summed E-state index contributed by atoms with van der Waals surface area (Å²) in [6.45, 7) is 5.43. The number of nitrogens with zero attached hydrogens (tertiary/aromatic N) is 2. The van der Waals surface area contributed by atoms with Crippen LogP contribution in [0.1, 0.15) is 35.2 Å². The number of aromatic nitrogens is 2. The average molecular weight is 263 g/mol. The molecule has 0 fully saturated rings. The van der Waals surface area contributed by atoms with Gasteiger partial charge in [0.2, 0.25) is 0 Å². The molecule has 0 saturated heterocycles. The SMILES string of the molecule is CCc1ccc(C(C)NCCc2cnn(C)c2)s1. The maximum Gasteiger partial charge on any atom is 0.0522 e. The second kappa shape index (κ2) is 6.16. The van der Waals surface area contributed by atoms with E-state index in [1.165, 1.54) is 15.3 Å². The van der Waals surface area contributed by atoms with E-state index >= 15 is 0 Å². The fourth-order valence-corrected chi connectivity index (χ4v) is 2.93. The molecule has 3 nitrogen and oxygen atoms in total. The first-order valence-corrected chi connectivity index (χ1v) is 7.30. The molecule has 0 amide bonds. The van der Waals surface area contributed by atoms with Crippen LogP contribution in [0.25, 0.3) is 0 Å². The maximum atomic E-state index is 4.18. The number of hydrogen-bond donors (Lipinski definition) is 1. The van der Waals surface area contributed by atoms with E-state index in [1.807, 2.05) is 29.3 Å². The van der Waals surface area contributed by atoms with E-state index in [4.69, 9.17) is 0 Å². The Morgan fingerprint density at radius 1 is 1.44 bits per heavy atom. The molecule has 2 aromatic rings. The first kappa shape index (κ1) is 13.3. The fraction of sp³-hybridized carbons (Fsp3) is 0.500. The van der Waals surface area contributed by atoms with E-state index in [0.717, 1.165) is 19.4 Å². The van der Waals surface area contributed by atoms with Gasteiger partial charge < -0.3 is 5.32 Å². The first-order valence-electron chi connectivity index (χ1n) is 6.48. The van der Waals surface area contributed by atoms with Gasteiger partial charge >= 0.3 is 0 Å². The van der Waals surface area contributed by atoms with E-state index in [1.54, 1.807) is 0 Å². The van der Waals surface area contributed by atoms with Crippen molar-refractivity contribution in [3.05, 3.63) is 39.8 Å². The van der Waals surface area contributed by atoms with Crippen molar-refractivity contribution in [2.75, 3.05) is 6.54 Å². The number of thiophene rings is 1. The van der Waals surface area contributed by atoms with Crippen LogP contribution in [-0.2, 0) is 19.9 Å². The van der Waals surface area contributed by atoms with Gasteiger partial charge in [-0.1, -0.05) is 6.92 Å². The third kappa shape index (κ3) is 3.43. The smallest absolute Gasteiger partial charge is 0.0522 e. The Morgan fingerprint density at radius 3 is 2.89 bits per heavy atom. The summed E-state index contributed by atoms with van der Waals surface area (Å²) in [4.78, 5) is 2.89. The summed E-state index contributed by atoms with van der Waals surface area (Å²) in [5, 5.41) is 7.75. The number of rotatable bonds is 6. The Balaban J connectivity index is 1.79. The van der Waals surface area contributed by atoms with Crippen LogP contribution in [0.5, 0.6) is 0 Å². The zero-order chi connectivity index (χ0) is 13.0. The molecule has 0 radical (unpaired) electrons. The third-order valence-corrected chi connectivity index (χ3v) is 4.49. The molecule has 4 heteroatoms. The molecule has 2 aromatic heterocycles. The van der Waals surface area contributed by atoms with Crippen LogP contribution in [0, 0.1) is 0 Å². The first-order chi connectivity index (χ1) is 8.69. The minimum atomic E-state index is 0.437. The lowest BCUT2D eigenvalue weighted by Gasteiger charge is -2.11. The van der Waals surface area contributed by atoms with Gasteiger partial charge in [-0.25, -0.2) is 0 Å². The Kier molecular flexibility index (Phi) is 4.55. The normalized spacial score (nSPS) is 12.8. The minimum absolute atomic E-state index is 0.437. The average Bonchev–Trinajstić information content (AvgIpc) is 2.98. The van der Waals surface area contributed by atoms with Crippen LogP contribution in [0.4, 0.5) is 0 Å². The molecule has 0 aromatic carbocycles. The highest BCUT2D eigenvalue weighted by molar-refractivity contribution is 7.12. The molecule has 18 heavy (non-hydrogen) atoms. The van der Waals surface area contributed by atoms with E-state index < -0.39 is 0 Å². The van der Waals surface area contributed by atoms with Crippen LogP contribution in [0.2, 0.25) is 0 Å². The highest BCUT2D eigenvalue weighted by Crippen LogP contribution is 2.23. The van der Waals surface area contributed by atoms with E-state index in [-0.39, 0.29) is 0 Å². The summed E-state index contributed by atoms with van der Waals surface area (Å²) in [6, 6.07) is 4.91. The van der Waals surface area contributed by atoms with Crippen molar-refractivity contribution < 1.29 is 0 Å². The predicted molar refractivity (Wildman–Crippen MR) is 77.0 cm³/mol. The van der Waals surface area contributed by atoms with Gasteiger partial charge in [-0.15, -0.1) is 11.3 Å². The topological polar surface area (TPSA) is 29.9 Å². The highest BCUT2D eigenvalue weighted by atomic mass is 32.1. The van der Waals surface area contributed by atoms with Crippen molar-refractivity contribution in [1.82, 2.24) is 15.1 Å². The largest absolute Gasteiger partial charge is 0.309 e. The lowest BCUT2D eigenvalue weighted by Crippen LogP contribution is -2.20. The van der Waals surface area contributed by atoms with Crippen molar-refractivity contribution in [3.8, 4) is 0 Å². The van der Waals surface area contributed by atoms with Gasteiger partial charge in [0, 0.05) is 29.0 Å². The van der Waals surface area contributed by atoms with Gasteiger partial charge in [0.1, 0.15) is 0 Å². The zero-order valence-electron chi connectivity index (χ0n) is 11.3. The summed E-state index contributed by atoms with van der Waals surface area (Å²) in [5.74, 6) is 0.